The maximum Gasteiger partial charge on any atom is 0.354 e. The van der Waals surface area contributed by atoms with E-state index in [1.165, 1.54) is 30.2 Å². The van der Waals surface area contributed by atoms with Crippen LogP contribution in [0.4, 0.5) is 0 Å². The van der Waals surface area contributed by atoms with Gasteiger partial charge >= 0.3 is 5.97 Å². The van der Waals surface area contributed by atoms with Crippen molar-refractivity contribution in [2.24, 2.45) is 10.7 Å². The number of nitrogens with zero attached hydrogens (tertiary/aromatic N) is 2. The fraction of sp³-hybridized carbons (Fsp3) is 0.560. The van der Waals surface area contributed by atoms with Crippen molar-refractivity contribution < 1.29 is 14.3 Å². The van der Waals surface area contributed by atoms with E-state index in [1.807, 2.05) is 4.90 Å². The second kappa shape index (κ2) is 10.6. The zero-order chi connectivity index (χ0) is 22.4. The summed E-state index contributed by atoms with van der Waals surface area (Å²) in [6, 6.07) is 6.55. The largest absolute Gasteiger partial charge is 0.464 e. The van der Waals surface area contributed by atoms with Crippen LogP contribution >= 0.6 is 0 Å². The number of carbonyl (C=O) groups is 2. The van der Waals surface area contributed by atoms with E-state index < -0.39 is 5.97 Å². The van der Waals surface area contributed by atoms with Crippen LogP contribution in [0, 0.1) is 13.8 Å². The average molecular weight is 426 g/mol. The minimum atomic E-state index is -0.530. The molecular formula is C25H35N3O3. The van der Waals surface area contributed by atoms with Crippen LogP contribution in [-0.2, 0) is 14.3 Å². The molecule has 2 N–H and O–H groups in total. The number of esters is 1. The first kappa shape index (κ1) is 23.0. The lowest BCUT2D eigenvalue weighted by Gasteiger charge is -2.29. The summed E-state index contributed by atoms with van der Waals surface area (Å²) < 4.78 is 4.73. The highest BCUT2D eigenvalue weighted by atomic mass is 16.5. The molecule has 1 atom stereocenters. The fourth-order valence-electron chi connectivity index (χ4n) is 4.73. The SMILES string of the molecule is COC(=O)C(N)=C1CCCC1=NCC(=O)N1CCCCC(c2cccc(C)c2C)CC1. The third kappa shape index (κ3) is 5.54. The van der Waals surface area contributed by atoms with Crippen molar-refractivity contribution in [1.29, 1.82) is 0 Å². The maximum atomic E-state index is 12.9. The van der Waals surface area contributed by atoms with Crippen LogP contribution in [0.5, 0.6) is 0 Å². The Hall–Kier alpha value is -2.63. The van der Waals surface area contributed by atoms with Gasteiger partial charge < -0.3 is 15.4 Å². The molecule has 2 fully saturated rings. The van der Waals surface area contributed by atoms with Crippen molar-refractivity contribution in [3.8, 4) is 0 Å². The number of nitrogens with two attached hydrogens (primary N) is 1. The fourth-order valence-corrected chi connectivity index (χ4v) is 4.73. The molecule has 0 spiro atoms. The summed E-state index contributed by atoms with van der Waals surface area (Å²) >= 11 is 0. The van der Waals surface area contributed by atoms with Gasteiger partial charge in [0, 0.05) is 24.4 Å². The molecule has 6 nitrogen and oxygen atoms in total. The summed E-state index contributed by atoms with van der Waals surface area (Å²) in [5, 5.41) is 0. The van der Waals surface area contributed by atoms with Crippen molar-refractivity contribution in [2.45, 2.75) is 64.7 Å². The predicted molar refractivity (Wildman–Crippen MR) is 123 cm³/mol. The van der Waals surface area contributed by atoms with Gasteiger partial charge in [0.05, 0.1) is 7.11 Å². The topological polar surface area (TPSA) is 85.0 Å². The summed E-state index contributed by atoms with van der Waals surface area (Å²) in [6.07, 6.45) is 6.64. The van der Waals surface area contributed by atoms with Gasteiger partial charge in [-0.25, -0.2) is 4.79 Å². The third-order valence-electron chi connectivity index (χ3n) is 6.74. The lowest BCUT2D eigenvalue weighted by molar-refractivity contribution is -0.136. The summed E-state index contributed by atoms with van der Waals surface area (Å²) in [6.45, 7) is 6.02. The smallest absolute Gasteiger partial charge is 0.354 e. The van der Waals surface area contributed by atoms with E-state index in [0.717, 1.165) is 56.5 Å². The number of ether oxygens (including phenoxy) is 1. The molecule has 6 heteroatoms. The number of benzene rings is 1. The van der Waals surface area contributed by atoms with Crippen LogP contribution in [0.3, 0.4) is 0 Å². The van der Waals surface area contributed by atoms with Gasteiger partial charge in [-0.1, -0.05) is 24.6 Å². The van der Waals surface area contributed by atoms with Gasteiger partial charge in [0.25, 0.3) is 0 Å². The highest BCUT2D eigenvalue weighted by Crippen LogP contribution is 2.31. The molecule has 1 saturated carbocycles. The molecule has 1 aliphatic heterocycles. The molecule has 0 radical (unpaired) electrons. The zero-order valence-corrected chi connectivity index (χ0v) is 19.1. The summed E-state index contributed by atoms with van der Waals surface area (Å²) in [5.74, 6) is 0.0141. The van der Waals surface area contributed by atoms with Gasteiger partial charge in [-0.3, -0.25) is 9.79 Å². The summed E-state index contributed by atoms with van der Waals surface area (Å²) in [5.41, 5.74) is 11.7. The van der Waals surface area contributed by atoms with Crippen LogP contribution in [0.25, 0.3) is 0 Å². The Morgan fingerprint density at radius 3 is 2.71 bits per heavy atom. The molecule has 31 heavy (non-hydrogen) atoms. The Bertz CT molecular complexity index is 888. The van der Waals surface area contributed by atoms with E-state index >= 15 is 0 Å². The molecular weight excluding hydrogens is 390 g/mol. The van der Waals surface area contributed by atoms with Gasteiger partial charge in [0.2, 0.25) is 5.91 Å². The molecule has 0 bridgehead atoms. The normalized spacial score (nSPS) is 22.7. The monoisotopic (exact) mass is 425 g/mol. The van der Waals surface area contributed by atoms with Crippen LogP contribution < -0.4 is 5.73 Å². The van der Waals surface area contributed by atoms with Crippen molar-refractivity contribution >= 4 is 17.6 Å². The number of hydrogen-bond acceptors (Lipinski definition) is 5. The summed E-state index contributed by atoms with van der Waals surface area (Å²) in [4.78, 5) is 31.2. The molecule has 168 valence electrons. The molecule has 1 unspecified atom stereocenters. The molecule has 0 aromatic heterocycles. The second-order valence-corrected chi connectivity index (χ2v) is 8.65. The van der Waals surface area contributed by atoms with Crippen LogP contribution in [0.1, 0.15) is 67.6 Å². The third-order valence-corrected chi connectivity index (χ3v) is 6.74. The average Bonchev–Trinajstić information content (AvgIpc) is 3.22. The standard InChI is InChI=1S/C25H35N3O3/c1-17-8-6-10-20(18(17)2)19-9-4-5-14-28(15-13-19)23(29)16-27-22-12-7-11-21(22)24(26)25(30)31-3/h6,8,10,19H,4-5,7,9,11-16,26H2,1-3H3. The number of allylic oxidation sites excluding steroid dienone is 1. The van der Waals surface area contributed by atoms with Gasteiger partial charge in [-0.15, -0.1) is 0 Å². The van der Waals surface area contributed by atoms with Crippen molar-refractivity contribution in [1.82, 2.24) is 4.90 Å². The van der Waals surface area contributed by atoms with Gasteiger partial charge in [0.1, 0.15) is 12.2 Å². The Morgan fingerprint density at radius 2 is 1.94 bits per heavy atom. The number of amides is 1. The maximum absolute atomic E-state index is 12.9. The first-order chi connectivity index (χ1) is 14.9. The number of aryl methyl sites for hydroxylation is 1. The Labute approximate surface area is 185 Å². The van der Waals surface area contributed by atoms with Crippen LogP contribution in [0.15, 0.2) is 34.5 Å². The molecule has 1 aromatic rings. The highest BCUT2D eigenvalue weighted by Gasteiger charge is 2.24. The van der Waals surface area contributed by atoms with Gasteiger partial charge in [-0.2, -0.15) is 0 Å². The van der Waals surface area contributed by atoms with E-state index in [0.29, 0.717) is 12.3 Å². The number of likely N-dealkylation sites (tertiary alicyclic amines) is 1. The summed E-state index contributed by atoms with van der Waals surface area (Å²) in [7, 11) is 1.32. The van der Waals surface area contributed by atoms with Gasteiger partial charge in [0.15, 0.2) is 0 Å². The lowest BCUT2D eigenvalue weighted by Crippen LogP contribution is -2.36. The number of hydrogen-bond donors (Lipinski definition) is 1. The van der Waals surface area contributed by atoms with Crippen molar-refractivity contribution in [3.05, 3.63) is 46.2 Å². The highest BCUT2D eigenvalue weighted by molar-refractivity contribution is 6.08. The van der Waals surface area contributed by atoms with Crippen molar-refractivity contribution in [2.75, 3.05) is 26.7 Å². The molecule has 3 rings (SSSR count). The molecule has 1 aromatic carbocycles. The predicted octanol–water partition coefficient (Wildman–Crippen LogP) is 3.80. The zero-order valence-electron chi connectivity index (χ0n) is 19.1. The quantitative estimate of drug-likeness (QED) is 0.587. The lowest BCUT2D eigenvalue weighted by atomic mass is 9.85. The number of rotatable bonds is 4. The van der Waals surface area contributed by atoms with Crippen LogP contribution in [-0.4, -0.2) is 49.2 Å². The first-order valence-corrected chi connectivity index (χ1v) is 11.4. The second-order valence-electron chi connectivity index (χ2n) is 8.65. The van der Waals surface area contributed by atoms with E-state index in [2.05, 4.69) is 37.0 Å². The Balaban J connectivity index is 1.66. The van der Waals surface area contributed by atoms with Crippen molar-refractivity contribution in [3.63, 3.8) is 0 Å². The Kier molecular flexibility index (Phi) is 7.88. The number of carbonyl (C=O) groups excluding carboxylic acids is 2. The van der Waals surface area contributed by atoms with Crippen LogP contribution in [0.2, 0.25) is 0 Å². The molecule has 1 aliphatic carbocycles. The minimum absolute atomic E-state index is 0.0528. The Morgan fingerprint density at radius 1 is 1.13 bits per heavy atom. The first-order valence-electron chi connectivity index (χ1n) is 11.4. The van der Waals surface area contributed by atoms with E-state index in [-0.39, 0.29) is 18.1 Å². The molecule has 2 aliphatic rings. The van der Waals surface area contributed by atoms with E-state index in [4.69, 9.17) is 10.5 Å². The van der Waals surface area contributed by atoms with E-state index in [1.54, 1.807) is 0 Å². The number of methoxy groups -OCH3 is 1. The molecule has 1 heterocycles. The number of aliphatic imine (C=N–C) groups is 1. The molecule has 1 saturated heterocycles. The molecule has 1 amide bonds. The van der Waals surface area contributed by atoms with E-state index in [9.17, 15) is 9.59 Å². The van der Waals surface area contributed by atoms with Gasteiger partial charge in [-0.05, 0) is 75.0 Å². The minimum Gasteiger partial charge on any atom is -0.464 e.